The maximum atomic E-state index is 13.1. The Morgan fingerprint density at radius 2 is 1.91 bits per heavy atom. The van der Waals surface area contributed by atoms with Gasteiger partial charge in [-0.1, -0.05) is 12.1 Å². The van der Waals surface area contributed by atoms with E-state index in [1.54, 1.807) is 42.5 Å². The summed E-state index contributed by atoms with van der Waals surface area (Å²) < 4.78 is 11.0. The summed E-state index contributed by atoms with van der Waals surface area (Å²) in [5.74, 6) is -1.42. The second kappa shape index (κ2) is 10.2. The number of halogens is 1. The van der Waals surface area contributed by atoms with Gasteiger partial charge < -0.3 is 24.4 Å². The van der Waals surface area contributed by atoms with Gasteiger partial charge in [0.2, 0.25) is 0 Å². The van der Waals surface area contributed by atoms with Crippen LogP contribution in [0.5, 0.6) is 11.5 Å². The Morgan fingerprint density at radius 3 is 2.52 bits per heavy atom. The van der Waals surface area contributed by atoms with Gasteiger partial charge in [0.1, 0.15) is 17.3 Å². The minimum Gasteiger partial charge on any atom is -0.507 e. The zero-order valence-electron chi connectivity index (χ0n) is 18.8. The molecule has 0 spiro atoms. The number of aliphatic hydroxyl groups excluding tert-OH is 1. The second-order valence-corrected chi connectivity index (χ2v) is 8.67. The van der Waals surface area contributed by atoms with Gasteiger partial charge in [-0.05, 0) is 65.9 Å². The quantitative estimate of drug-likeness (QED) is 0.198. The van der Waals surface area contributed by atoms with Crippen LogP contribution in [0.15, 0.2) is 52.5 Å². The van der Waals surface area contributed by atoms with Gasteiger partial charge in [-0.3, -0.25) is 14.4 Å². The molecule has 1 N–H and O–H groups in total. The van der Waals surface area contributed by atoms with Crippen molar-refractivity contribution in [2.24, 2.45) is 0 Å². The summed E-state index contributed by atoms with van der Waals surface area (Å²) in [6.07, 6.45) is 0. The number of rotatable bonds is 7. The highest BCUT2D eigenvalue weighted by Gasteiger charge is 2.46. The van der Waals surface area contributed by atoms with E-state index in [-0.39, 0.29) is 23.6 Å². The molecule has 1 saturated heterocycles. The molecule has 1 fully saturated rings. The van der Waals surface area contributed by atoms with Crippen molar-refractivity contribution in [3.8, 4) is 11.5 Å². The molecule has 1 aliphatic heterocycles. The standard InChI is InChI=1S/C24H25BrN2O6/c1-14(28)33-17-7-5-6-15(12-17)21-20(23(30)24(31)27(21)11-10-26(2)3)22(29)16-8-9-19(32-4)18(25)13-16/h5-9,12-13,21,29H,10-11H2,1-4H3/b22-20+. The highest BCUT2D eigenvalue weighted by atomic mass is 79.9. The molecule has 174 valence electrons. The molecule has 0 saturated carbocycles. The van der Waals surface area contributed by atoms with Crippen LogP contribution in [0.4, 0.5) is 0 Å². The molecule has 3 rings (SSSR count). The predicted octanol–water partition coefficient (Wildman–Crippen LogP) is 3.37. The zero-order chi connectivity index (χ0) is 24.3. The fourth-order valence-corrected chi connectivity index (χ4v) is 4.19. The first kappa shape index (κ1) is 24.5. The van der Waals surface area contributed by atoms with Crippen molar-refractivity contribution >= 4 is 39.3 Å². The van der Waals surface area contributed by atoms with Gasteiger partial charge in [-0.25, -0.2) is 0 Å². The van der Waals surface area contributed by atoms with Crippen molar-refractivity contribution in [1.82, 2.24) is 9.80 Å². The van der Waals surface area contributed by atoms with E-state index in [2.05, 4.69) is 15.9 Å². The van der Waals surface area contributed by atoms with E-state index in [4.69, 9.17) is 9.47 Å². The number of hydrogen-bond donors (Lipinski definition) is 1. The molecule has 0 radical (unpaired) electrons. The molecule has 1 amide bonds. The van der Waals surface area contributed by atoms with Gasteiger partial charge >= 0.3 is 5.97 Å². The number of benzene rings is 2. The first-order valence-corrected chi connectivity index (χ1v) is 11.0. The Bertz CT molecular complexity index is 1130. The van der Waals surface area contributed by atoms with Crippen LogP contribution in [0.3, 0.4) is 0 Å². The minimum absolute atomic E-state index is 0.0317. The van der Waals surface area contributed by atoms with Gasteiger partial charge in [0.25, 0.3) is 11.7 Å². The highest BCUT2D eigenvalue weighted by Crippen LogP contribution is 2.41. The molecule has 1 unspecified atom stereocenters. The van der Waals surface area contributed by atoms with Crippen LogP contribution in [0.2, 0.25) is 0 Å². The van der Waals surface area contributed by atoms with E-state index < -0.39 is 23.7 Å². The van der Waals surface area contributed by atoms with Crippen molar-refractivity contribution in [2.45, 2.75) is 13.0 Å². The van der Waals surface area contributed by atoms with Crippen LogP contribution in [0.1, 0.15) is 24.1 Å². The number of carbonyl (C=O) groups is 3. The third-order valence-corrected chi connectivity index (χ3v) is 5.81. The molecule has 0 bridgehead atoms. The first-order chi connectivity index (χ1) is 15.6. The van der Waals surface area contributed by atoms with Crippen LogP contribution in [-0.4, -0.2) is 66.9 Å². The van der Waals surface area contributed by atoms with E-state index in [9.17, 15) is 19.5 Å². The summed E-state index contributed by atoms with van der Waals surface area (Å²) in [5.41, 5.74) is 0.867. The smallest absolute Gasteiger partial charge is 0.308 e. The molecule has 8 nitrogen and oxygen atoms in total. The van der Waals surface area contributed by atoms with Crippen molar-refractivity contribution in [1.29, 1.82) is 0 Å². The largest absolute Gasteiger partial charge is 0.507 e. The molecular formula is C24H25BrN2O6. The Morgan fingerprint density at radius 1 is 1.18 bits per heavy atom. The fourth-order valence-electron chi connectivity index (χ4n) is 3.65. The summed E-state index contributed by atoms with van der Waals surface area (Å²) >= 11 is 3.38. The van der Waals surface area contributed by atoms with Gasteiger partial charge in [-0.2, -0.15) is 0 Å². The fraction of sp³-hybridized carbons (Fsp3) is 0.292. The molecule has 1 aliphatic rings. The summed E-state index contributed by atoms with van der Waals surface area (Å²) in [7, 11) is 5.25. The van der Waals surface area contributed by atoms with Gasteiger partial charge in [0.15, 0.2) is 0 Å². The molecule has 9 heteroatoms. The lowest BCUT2D eigenvalue weighted by Crippen LogP contribution is -2.35. The van der Waals surface area contributed by atoms with Gasteiger partial charge in [0, 0.05) is 25.6 Å². The average molecular weight is 517 g/mol. The molecule has 2 aromatic rings. The van der Waals surface area contributed by atoms with Crippen LogP contribution < -0.4 is 9.47 Å². The number of nitrogens with zero attached hydrogens (tertiary/aromatic N) is 2. The van der Waals surface area contributed by atoms with E-state index >= 15 is 0 Å². The maximum absolute atomic E-state index is 13.1. The SMILES string of the molecule is COc1ccc(/C(O)=C2\C(=O)C(=O)N(CCN(C)C)C2c2cccc(OC(C)=O)c2)cc1Br. The third kappa shape index (κ3) is 5.26. The number of methoxy groups -OCH3 is 1. The number of ketones is 1. The topological polar surface area (TPSA) is 96.4 Å². The van der Waals surface area contributed by atoms with Gasteiger partial charge in [0.05, 0.1) is 23.2 Å². The summed E-state index contributed by atoms with van der Waals surface area (Å²) in [6, 6.07) is 10.6. The lowest BCUT2D eigenvalue weighted by Gasteiger charge is -2.26. The van der Waals surface area contributed by atoms with Crippen LogP contribution in [-0.2, 0) is 14.4 Å². The lowest BCUT2D eigenvalue weighted by molar-refractivity contribution is -0.140. The Hall–Kier alpha value is -3.17. The van der Waals surface area contributed by atoms with Crippen LogP contribution >= 0.6 is 15.9 Å². The lowest BCUT2D eigenvalue weighted by atomic mass is 9.95. The van der Waals surface area contributed by atoms with E-state index in [0.717, 1.165) is 0 Å². The summed E-state index contributed by atoms with van der Waals surface area (Å²) in [6.45, 7) is 2.07. The normalized spacial score (nSPS) is 17.5. The molecule has 0 aliphatic carbocycles. The molecule has 0 aromatic heterocycles. The minimum atomic E-state index is -0.846. The Kier molecular flexibility index (Phi) is 7.55. The predicted molar refractivity (Wildman–Crippen MR) is 126 cm³/mol. The van der Waals surface area contributed by atoms with Gasteiger partial charge in [-0.15, -0.1) is 0 Å². The summed E-state index contributed by atoms with van der Waals surface area (Å²) in [5, 5.41) is 11.2. The molecule has 2 aromatic carbocycles. The number of ether oxygens (including phenoxy) is 2. The van der Waals surface area contributed by atoms with Crippen molar-refractivity contribution in [3.05, 3.63) is 63.6 Å². The second-order valence-electron chi connectivity index (χ2n) is 7.81. The van der Waals surface area contributed by atoms with Crippen molar-refractivity contribution in [2.75, 3.05) is 34.3 Å². The number of esters is 1. The van der Waals surface area contributed by atoms with E-state index in [1.165, 1.54) is 18.9 Å². The molecule has 1 atom stereocenters. The number of carbonyl (C=O) groups excluding carboxylic acids is 3. The molecule has 33 heavy (non-hydrogen) atoms. The number of Topliss-reactive ketones (excluding diaryl/α,β-unsaturated/α-hetero) is 1. The molecule has 1 heterocycles. The van der Waals surface area contributed by atoms with E-state index in [1.807, 2.05) is 19.0 Å². The Balaban J connectivity index is 2.16. The first-order valence-electron chi connectivity index (χ1n) is 10.2. The number of likely N-dealkylation sites (N-methyl/N-ethyl adjacent to an activating group) is 1. The van der Waals surface area contributed by atoms with Crippen molar-refractivity contribution < 1.29 is 29.0 Å². The average Bonchev–Trinajstić information content (AvgIpc) is 3.01. The summed E-state index contributed by atoms with van der Waals surface area (Å²) in [4.78, 5) is 40.8. The van der Waals surface area contributed by atoms with E-state index in [0.29, 0.717) is 27.9 Å². The Labute approximate surface area is 200 Å². The van der Waals surface area contributed by atoms with Crippen LogP contribution in [0.25, 0.3) is 5.76 Å². The number of amides is 1. The molecular weight excluding hydrogens is 492 g/mol. The number of hydrogen-bond acceptors (Lipinski definition) is 7. The number of aliphatic hydroxyl groups is 1. The number of likely N-dealkylation sites (tertiary alicyclic amines) is 1. The van der Waals surface area contributed by atoms with Crippen LogP contribution in [0, 0.1) is 0 Å². The highest BCUT2D eigenvalue weighted by molar-refractivity contribution is 9.10. The monoisotopic (exact) mass is 516 g/mol. The third-order valence-electron chi connectivity index (χ3n) is 5.19. The van der Waals surface area contributed by atoms with Crippen molar-refractivity contribution in [3.63, 3.8) is 0 Å². The zero-order valence-corrected chi connectivity index (χ0v) is 20.4. The maximum Gasteiger partial charge on any atom is 0.308 e.